The van der Waals surface area contributed by atoms with Crippen LogP contribution < -0.4 is 0 Å². The van der Waals surface area contributed by atoms with Crippen LogP contribution in [0.4, 0.5) is 0 Å². The minimum absolute atomic E-state index is 0.0535. The van der Waals surface area contributed by atoms with Crippen LogP contribution in [0.2, 0.25) is 0 Å². The number of carbonyl (C=O) groups is 1. The molecule has 2 unspecified atom stereocenters. The lowest BCUT2D eigenvalue weighted by molar-refractivity contribution is -0.150. The van der Waals surface area contributed by atoms with Gasteiger partial charge in [-0.1, -0.05) is 0 Å². The summed E-state index contributed by atoms with van der Waals surface area (Å²) in [5.41, 5.74) is -1.22. The molecule has 4 nitrogen and oxygen atoms in total. The Bertz CT molecular complexity index is 215. The third-order valence-corrected chi connectivity index (χ3v) is 3.12. The molecule has 0 amide bonds. The zero-order valence-corrected chi connectivity index (χ0v) is 6.75. The zero-order valence-electron chi connectivity index (χ0n) is 6.75. The van der Waals surface area contributed by atoms with Crippen LogP contribution in [0.25, 0.3) is 0 Å². The van der Waals surface area contributed by atoms with Crippen molar-refractivity contribution in [3.63, 3.8) is 0 Å². The summed E-state index contributed by atoms with van der Waals surface area (Å²) in [6.07, 6.45) is 1.80. The van der Waals surface area contributed by atoms with Gasteiger partial charge >= 0.3 is 5.97 Å². The highest BCUT2D eigenvalue weighted by Crippen LogP contribution is 2.52. The predicted molar refractivity (Wildman–Crippen MR) is 39.7 cm³/mol. The van der Waals surface area contributed by atoms with Gasteiger partial charge in [0, 0.05) is 0 Å². The molecule has 0 aromatic rings. The molecule has 4 heteroatoms. The van der Waals surface area contributed by atoms with Crippen molar-refractivity contribution in [1.82, 2.24) is 0 Å². The van der Waals surface area contributed by atoms with E-state index in [2.05, 4.69) is 0 Å². The second kappa shape index (κ2) is 2.20. The maximum Gasteiger partial charge on any atom is 0.312 e. The van der Waals surface area contributed by atoms with E-state index in [0.29, 0.717) is 19.3 Å². The van der Waals surface area contributed by atoms with E-state index < -0.39 is 17.0 Å². The average molecular weight is 172 g/mol. The van der Waals surface area contributed by atoms with Crippen molar-refractivity contribution in [2.45, 2.75) is 24.9 Å². The number of hydrogen-bond acceptors (Lipinski definition) is 3. The lowest BCUT2D eigenvalue weighted by Crippen LogP contribution is -2.32. The summed E-state index contributed by atoms with van der Waals surface area (Å²) in [6.45, 7) is 0.213. The van der Waals surface area contributed by atoms with E-state index in [4.69, 9.17) is 14.9 Å². The molecule has 2 aliphatic rings. The minimum Gasteiger partial charge on any atom is -0.481 e. The second-order valence-corrected chi connectivity index (χ2v) is 3.89. The van der Waals surface area contributed by atoms with E-state index in [9.17, 15) is 4.79 Å². The van der Waals surface area contributed by atoms with E-state index in [1.54, 1.807) is 0 Å². The SMILES string of the molecule is O=C(O)C12CCC(CO)(C1)OC2. The van der Waals surface area contributed by atoms with Gasteiger partial charge < -0.3 is 14.9 Å². The van der Waals surface area contributed by atoms with Crippen LogP contribution in [-0.4, -0.2) is 35.0 Å². The Hall–Kier alpha value is -0.610. The summed E-state index contributed by atoms with van der Waals surface area (Å²) in [5.74, 6) is -0.782. The van der Waals surface area contributed by atoms with E-state index >= 15 is 0 Å². The molecule has 68 valence electrons. The van der Waals surface area contributed by atoms with E-state index in [1.807, 2.05) is 0 Å². The zero-order chi connectivity index (χ0) is 8.82. The standard InChI is InChI=1S/C8H12O4/c9-4-8-2-1-7(3-8,5-12-8)6(10)11/h9H,1-5H2,(H,10,11). The predicted octanol–water partition coefficient (Wildman–Crippen LogP) is 0.00260. The fourth-order valence-corrected chi connectivity index (χ4v) is 2.22. The van der Waals surface area contributed by atoms with Crippen molar-refractivity contribution in [2.24, 2.45) is 5.41 Å². The molecule has 1 aliphatic carbocycles. The normalized spacial score (nSPS) is 45.1. The van der Waals surface area contributed by atoms with Crippen LogP contribution in [0.3, 0.4) is 0 Å². The van der Waals surface area contributed by atoms with Crippen LogP contribution in [0, 0.1) is 5.41 Å². The fraction of sp³-hybridized carbons (Fsp3) is 0.875. The van der Waals surface area contributed by atoms with Crippen molar-refractivity contribution in [3.05, 3.63) is 0 Å². The largest absolute Gasteiger partial charge is 0.481 e. The molecule has 1 saturated carbocycles. The van der Waals surface area contributed by atoms with E-state index in [0.717, 1.165) is 0 Å². The first-order chi connectivity index (χ1) is 5.63. The molecule has 2 fully saturated rings. The maximum absolute atomic E-state index is 10.9. The lowest BCUT2D eigenvalue weighted by atomic mass is 9.88. The lowest BCUT2D eigenvalue weighted by Gasteiger charge is -2.24. The highest BCUT2D eigenvalue weighted by Gasteiger charge is 2.59. The van der Waals surface area contributed by atoms with Gasteiger partial charge in [-0.25, -0.2) is 0 Å². The molecule has 1 saturated heterocycles. The van der Waals surface area contributed by atoms with Gasteiger partial charge in [0.1, 0.15) is 0 Å². The van der Waals surface area contributed by atoms with E-state index in [1.165, 1.54) is 0 Å². The van der Waals surface area contributed by atoms with Crippen molar-refractivity contribution < 1.29 is 19.7 Å². The van der Waals surface area contributed by atoms with Gasteiger partial charge in [-0.2, -0.15) is 0 Å². The third-order valence-electron chi connectivity index (χ3n) is 3.12. The van der Waals surface area contributed by atoms with Crippen molar-refractivity contribution >= 4 is 5.97 Å². The van der Waals surface area contributed by atoms with Crippen LogP contribution >= 0.6 is 0 Å². The molecule has 12 heavy (non-hydrogen) atoms. The summed E-state index contributed by atoms with van der Waals surface area (Å²) in [5, 5.41) is 18.0. The van der Waals surface area contributed by atoms with Gasteiger partial charge in [0.2, 0.25) is 0 Å². The highest BCUT2D eigenvalue weighted by molar-refractivity contribution is 5.76. The molecule has 2 N–H and O–H groups in total. The first-order valence-electron chi connectivity index (χ1n) is 4.11. The number of ether oxygens (including phenoxy) is 1. The number of carboxylic acids is 1. The molecule has 0 spiro atoms. The van der Waals surface area contributed by atoms with Crippen LogP contribution in [0.1, 0.15) is 19.3 Å². The smallest absolute Gasteiger partial charge is 0.312 e. The van der Waals surface area contributed by atoms with Crippen LogP contribution in [-0.2, 0) is 9.53 Å². The van der Waals surface area contributed by atoms with Crippen LogP contribution in [0.15, 0.2) is 0 Å². The van der Waals surface area contributed by atoms with Gasteiger partial charge in [-0.15, -0.1) is 0 Å². The minimum atomic E-state index is -0.782. The Balaban J connectivity index is 2.23. The molecule has 0 aromatic carbocycles. The molecule has 2 bridgehead atoms. The Morgan fingerprint density at radius 2 is 2.25 bits per heavy atom. The Labute approximate surface area is 70.1 Å². The molecule has 2 rings (SSSR count). The first kappa shape index (κ1) is 8.01. The molecule has 1 aliphatic heterocycles. The fourth-order valence-electron chi connectivity index (χ4n) is 2.22. The number of aliphatic hydroxyl groups excluding tert-OH is 1. The summed E-state index contributed by atoms with van der Waals surface area (Å²) in [6, 6.07) is 0. The van der Waals surface area contributed by atoms with Gasteiger partial charge in [-0.3, -0.25) is 4.79 Å². The number of aliphatic hydroxyl groups is 1. The Morgan fingerprint density at radius 1 is 1.50 bits per heavy atom. The molecule has 0 radical (unpaired) electrons. The summed E-state index contributed by atoms with van der Waals surface area (Å²) in [7, 11) is 0. The van der Waals surface area contributed by atoms with Crippen LogP contribution in [0.5, 0.6) is 0 Å². The van der Waals surface area contributed by atoms with E-state index in [-0.39, 0.29) is 13.2 Å². The van der Waals surface area contributed by atoms with Gasteiger partial charge in [-0.05, 0) is 19.3 Å². The summed E-state index contributed by atoms with van der Waals surface area (Å²) in [4.78, 5) is 10.9. The van der Waals surface area contributed by atoms with Crippen molar-refractivity contribution in [2.75, 3.05) is 13.2 Å². The third kappa shape index (κ3) is 0.820. The van der Waals surface area contributed by atoms with Gasteiger partial charge in [0.25, 0.3) is 0 Å². The summed E-state index contributed by atoms with van der Waals surface area (Å²) >= 11 is 0. The second-order valence-electron chi connectivity index (χ2n) is 3.89. The number of carboxylic acid groups (broad SMARTS) is 1. The average Bonchev–Trinajstić information content (AvgIpc) is 2.61. The van der Waals surface area contributed by atoms with Crippen molar-refractivity contribution in [1.29, 1.82) is 0 Å². The summed E-state index contributed by atoms with van der Waals surface area (Å²) < 4.78 is 5.32. The quantitative estimate of drug-likeness (QED) is 0.615. The molecular formula is C8H12O4. The first-order valence-corrected chi connectivity index (χ1v) is 4.11. The number of rotatable bonds is 2. The number of hydrogen-bond donors (Lipinski definition) is 2. The van der Waals surface area contributed by atoms with Gasteiger partial charge in [0.05, 0.1) is 24.2 Å². The Morgan fingerprint density at radius 3 is 2.50 bits per heavy atom. The molecule has 1 heterocycles. The molecular weight excluding hydrogens is 160 g/mol. The van der Waals surface area contributed by atoms with Crippen molar-refractivity contribution in [3.8, 4) is 0 Å². The highest BCUT2D eigenvalue weighted by atomic mass is 16.5. The number of aliphatic carboxylic acids is 1. The molecule has 0 aromatic heterocycles. The Kier molecular flexibility index (Phi) is 1.47. The monoisotopic (exact) mass is 172 g/mol. The maximum atomic E-state index is 10.9. The molecule has 2 atom stereocenters. The van der Waals surface area contributed by atoms with Gasteiger partial charge in [0.15, 0.2) is 0 Å². The number of fused-ring (bicyclic) bond motifs is 2. The topological polar surface area (TPSA) is 66.8 Å².